The van der Waals surface area contributed by atoms with E-state index in [2.05, 4.69) is 37.3 Å². The third kappa shape index (κ3) is 4.56. The molecule has 26 heavy (non-hydrogen) atoms. The van der Waals surface area contributed by atoms with Crippen molar-refractivity contribution in [2.45, 2.75) is 38.1 Å². The molecule has 2 aromatic heterocycles. The topological polar surface area (TPSA) is 63.2 Å². The molecule has 1 N–H and O–H groups in total. The van der Waals surface area contributed by atoms with Crippen LogP contribution in [0.15, 0.2) is 36.9 Å². The van der Waals surface area contributed by atoms with Crippen molar-refractivity contribution >= 4 is 11.6 Å². The molecule has 2 aromatic rings. The first kappa shape index (κ1) is 17.4. The van der Waals surface area contributed by atoms with Gasteiger partial charge in [0.15, 0.2) is 0 Å². The van der Waals surface area contributed by atoms with Crippen molar-refractivity contribution in [1.82, 2.24) is 19.9 Å². The summed E-state index contributed by atoms with van der Waals surface area (Å²) in [6, 6.07) is 4.91. The number of aryl methyl sites for hydroxylation is 1. The van der Waals surface area contributed by atoms with Crippen LogP contribution in [0.5, 0.6) is 0 Å². The number of piperidine rings is 1. The fourth-order valence-corrected chi connectivity index (χ4v) is 3.98. The fraction of sp³-hybridized carbons (Fsp3) is 0.550. The summed E-state index contributed by atoms with van der Waals surface area (Å²) in [5.74, 6) is 2.39. The molecule has 1 atom stereocenters. The van der Waals surface area contributed by atoms with Gasteiger partial charge in [-0.15, -0.1) is 0 Å². The molecule has 0 amide bonds. The van der Waals surface area contributed by atoms with E-state index >= 15 is 0 Å². The van der Waals surface area contributed by atoms with Gasteiger partial charge in [0.05, 0.1) is 12.8 Å². The highest BCUT2D eigenvalue weighted by atomic mass is 16.5. The van der Waals surface area contributed by atoms with Crippen LogP contribution in [0.25, 0.3) is 0 Å². The van der Waals surface area contributed by atoms with Crippen LogP contribution in [0, 0.1) is 5.92 Å². The van der Waals surface area contributed by atoms with Gasteiger partial charge in [-0.2, -0.15) is 0 Å². The number of ether oxygens (including phenoxy) is 1. The Balaban J connectivity index is 1.25. The lowest BCUT2D eigenvalue weighted by molar-refractivity contribution is 0.108. The molecule has 2 saturated heterocycles. The van der Waals surface area contributed by atoms with Gasteiger partial charge in [0, 0.05) is 31.2 Å². The second kappa shape index (κ2) is 8.56. The highest BCUT2D eigenvalue weighted by molar-refractivity contribution is 5.50. The smallest absolute Gasteiger partial charge is 0.150 e. The van der Waals surface area contributed by atoms with E-state index in [4.69, 9.17) is 4.74 Å². The first-order chi connectivity index (χ1) is 12.9. The Kier molecular flexibility index (Phi) is 5.72. The number of nitrogens with one attached hydrogen (secondary N) is 1. The van der Waals surface area contributed by atoms with Crippen molar-refractivity contribution in [1.29, 1.82) is 0 Å². The van der Waals surface area contributed by atoms with E-state index in [0.29, 0.717) is 6.04 Å². The normalized spacial score (nSPS) is 21.8. The van der Waals surface area contributed by atoms with E-state index in [1.54, 1.807) is 18.6 Å². The maximum Gasteiger partial charge on any atom is 0.150 e. The van der Waals surface area contributed by atoms with Gasteiger partial charge in [-0.25, -0.2) is 9.97 Å². The second-order valence-corrected chi connectivity index (χ2v) is 7.30. The van der Waals surface area contributed by atoms with E-state index in [0.717, 1.165) is 37.2 Å². The van der Waals surface area contributed by atoms with E-state index < -0.39 is 0 Å². The Bertz CT molecular complexity index is 682. The Hall–Kier alpha value is -2.05. The fourth-order valence-electron chi connectivity index (χ4n) is 3.98. The van der Waals surface area contributed by atoms with Crippen molar-refractivity contribution < 1.29 is 4.74 Å². The van der Waals surface area contributed by atoms with E-state index in [-0.39, 0.29) is 0 Å². The van der Waals surface area contributed by atoms with Crippen LogP contribution >= 0.6 is 0 Å². The number of pyridine rings is 1. The van der Waals surface area contributed by atoms with Crippen molar-refractivity contribution in [3.8, 4) is 0 Å². The van der Waals surface area contributed by atoms with Crippen LogP contribution in [-0.4, -0.2) is 52.2 Å². The average molecular weight is 353 g/mol. The predicted molar refractivity (Wildman–Crippen MR) is 101 cm³/mol. The lowest BCUT2D eigenvalue weighted by Crippen LogP contribution is -2.41. The number of nitrogens with zero attached hydrogens (tertiary/aromatic N) is 4. The van der Waals surface area contributed by atoms with E-state index in [1.165, 1.54) is 44.3 Å². The summed E-state index contributed by atoms with van der Waals surface area (Å²) in [7, 11) is 0. The number of hydrogen-bond acceptors (Lipinski definition) is 6. The van der Waals surface area contributed by atoms with Crippen molar-refractivity contribution in [2.75, 3.05) is 31.6 Å². The summed E-state index contributed by atoms with van der Waals surface area (Å²) < 4.78 is 5.53. The number of aromatic nitrogens is 3. The van der Waals surface area contributed by atoms with Crippen LogP contribution in [0.4, 0.5) is 11.6 Å². The third-order valence-electron chi connectivity index (χ3n) is 5.56. The summed E-state index contributed by atoms with van der Waals surface area (Å²) in [5.41, 5.74) is 1.33. The van der Waals surface area contributed by atoms with Crippen LogP contribution in [-0.2, 0) is 11.2 Å². The molecule has 6 heteroatoms. The highest BCUT2D eigenvalue weighted by Gasteiger charge is 2.27. The molecule has 0 spiro atoms. The maximum atomic E-state index is 5.53. The van der Waals surface area contributed by atoms with Crippen molar-refractivity contribution in [3.63, 3.8) is 0 Å². The summed E-state index contributed by atoms with van der Waals surface area (Å²) in [6.07, 6.45) is 13.1. The Morgan fingerprint density at radius 2 is 1.96 bits per heavy atom. The first-order valence-corrected chi connectivity index (χ1v) is 9.66. The summed E-state index contributed by atoms with van der Waals surface area (Å²) in [5, 5.41) is 3.22. The Morgan fingerprint density at radius 1 is 1.08 bits per heavy atom. The molecule has 4 heterocycles. The number of hydrogen-bond donors (Lipinski definition) is 1. The molecule has 4 rings (SSSR count). The zero-order chi connectivity index (χ0) is 17.6. The maximum absolute atomic E-state index is 5.53. The SMILES string of the molecule is c1cnc(Nc2cc(CCC3CCN([C@H]4CCOC4)CC3)ccn2)cn1. The average Bonchev–Trinajstić information content (AvgIpc) is 3.23. The zero-order valence-electron chi connectivity index (χ0n) is 15.2. The predicted octanol–water partition coefficient (Wildman–Crippen LogP) is 3.05. The molecule has 0 aliphatic carbocycles. The Labute approximate surface area is 155 Å². The van der Waals surface area contributed by atoms with Crippen LogP contribution in [0.1, 0.15) is 31.2 Å². The second-order valence-electron chi connectivity index (χ2n) is 7.30. The highest BCUT2D eigenvalue weighted by Crippen LogP contribution is 2.26. The van der Waals surface area contributed by atoms with Gasteiger partial charge in [-0.05, 0) is 68.8 Å². The minimum atomic E-state index is 0.672. The van der Waals surface area contributed by atoms with Gasteiger partial charge in [0.2, 0.25) is 0 Å². The summed E-state index contributed by atoms with van der Waals surface area (Å²) in [6.45, 7) is 4.34. The van der Waals surface area contributed by atoms with Gasteiger partial charge in [-0.3, -0.25) is 9.88 Å². The third-order valence-corrected chi connectivity index (χ3v) is 5.56. The zero-order valence-corrected chi connectivity index (χ0v) is 15.2. The number of anilines is 2. The number of likely N-dealkylation sites (tertiary alicyclic amines) is 1. The first-order valence-electron chi connectivity index (χ1n) is 9.66. The van der Waals surface area contributed by atoms with E-state index in [9.17, 15) is 0 Å². The van der Waals surface area contributed by atoms with Gasteiger partial charge >= 0.3 is 0 Å². The summed E-state index contributed by atoms with van der Waals surface area (Å²) >= 11 is 0. The molecule has 2 fully saturated rings. The molecule has 2 aliphatic heterocycles. The van der Waals surface area contributed by atoms with Gasteiger partial charge in [0.25, 0.3) is 0 Å². The molecule has 0 saturated carbocycles. The van der Waals surface area contributed by atoms with E-state index in [1.807, 2.05) is 6.20 Å². The lowest BCUT2D eigenvalue weighted by atomic mass is 9.90. The molecular formula is C20H27N5O. The standard InChI is InChI=1S/C20H27N5O/c1(16-4-10-25(11-5-16)18-6-12-26-15-18)2-17-3-7-22-19(13-17)24-20-14-21-8-9-23-20/h3,7-9,13-14,16,18H,1-2,4-6,10-12,15H2,(H,22,23,24)/t18-/m0/s1. The van der Waals surface area contributed by atoms with Crippen LogP contribution in [0.2, 0.25) is 0 Å². The number of rotatable bonds is 6. The molecule has 0 unspecified atom stereocenters. The molecule has 2 aliphatic rings. The van der Waals surface area contributed by atoms with Crippen LogP contribution in [0.3, 0.4) is 0 Å². The molecule has 6 nitrogen and oxygen atoms in total. The van der Waals surface area contributed by atoms with Crippen LogP contribution < -0.4 is 5.32 Å². The van der Waals surface area contributed by atoms with Gasteiger partial charge in [-0.1, -0.05) is 0 Å². The molecular weight excluding hydrogens is 326 g/mol. The lowest BCUT2D eigenvalue weighted by Gasteiger charge is -2.35. The van der Waals surface area contributed by atoms with Crippen molar-refractivity contribution in [2.24, 2.45) is 5.92 Å². The summed E-state index contributed by atoms with van der Waals surface area (Å²) in [4.78, 5) is 15.3. The van der Waals surface area contributed by atoms with Gasteiger partial charge < -0.3 is 10.1 Å². The minimum Gasteiger partial charge on any atom is -0.380 e. The molecule has 0 radical (unpaired) electrons. The minimum absolute atomic E-state index is 0.672. The molecule has 0 bridgehead atoms. The quantitative estimate of drug-likeness (QED) is 0.861. The van der Waals surface area contributed by atoms with Crippen molar-refractivity contribution in [3.05, 3.63) is 42.5 Å². The Morgan fingerprint density at radius 3 is 2.73 bits per heavy atom. The van der Waals surface area contributed by atoms with Gasteiger partial charge in [0.1, 0.15) is 11.6 Å². The molecule has 138 valence electrons. The molecule has 0 aromatic carbocycles. The monoisotopic (exact) mass is 353 g/mol. The largest absolute Gasteiger partial charge is 0.380 e.